The summed E-state index contributed by atoms with van der Waals surface area (Å²) < 4.78 is 0. The van der Waals surface area contributed by atoms with Crippen LogP contribution in [0.5, 0.6) is 0 Å². The molecule has 1 N–H and O–H groups in total. The molecular weight excluding hydrogens is 282 g/mol. The first-order valence-corrected chi connectivity index (χ1v) is 5.56. The van der Waals surface area contributed by atoms with Crippen molar-refractivity contribution in [2.24, 2.45) is 0 Å². The maximum absolute atomic E-state index is 11.7. The number of carbonyl (C=O) groups excluding carboxylic acids is 2. The summed E-state index contributed by atoms with van der Waals surface area (Å²) in [5, 5.41) is 2.63. The Bertz CT molecular complexity index is 541. The van der Waals surface area contributed by atoms with E-state index in [1.54, 1.807) is 36.4 Å². The van der Waals surface area contributed by atoms with E-state index >= 15 is 0 Å². The number of carbonyl (C=O) groups is 2. The fraction of sp³-hybridized carbons (Fsp3) is 0. The van der Waals surface area contributed by atoms with Gasteiger partial charge in [-0.25, -0.2) is 0 Å². The number of anilines is 1. The number of para-hydroxylation sites is 1. The molecular formula is C15H12FeNO2-. The zero-order chi connectivity index (χ0) is 12.8. The molecule has 0 aliphatic rings. The molecule has 0 bridgehead atoms. The summed E-state index contributed by atoms with van der Waals surface area (Å²) in [6, 6.07) is 17.7. The summed E-state index contributed by atoms with van der Waals surface area (Å²) in [6.45, 7) is 0. The first-order chi connectivity index (χ1) is 8.75. The van der Waals surface area contributed by atoms with Crippen LogP contribution in [0, 0.1) is 6.42 Å². The van der Waals surface area contributed by atoms with Crippen LogP contribution in [0.3, 0.4) is 0 Å². The molecule has 3 nitrogen and oxygen atoms in total. The van der Waals surface area contributed by atoms with Crippen LogP contribution in [0.4, 0.5) is 5.69 Å². The van der Waals surface area contributed by atoms with Gasteiger partial charge < -0.3 is 10.1 Å². The zero-order valence-corrected chi connectivity index (χ0v) is 11.1. The summed E-state index contributed by atoms with van der Waals surface area (Å²) in [4.78, 5) is 23.3. The predicted molar refractivity (Wildman–Crippen MR) is 70.1 cm³/mol. The van der Waals surface area contributed by atoms with E-state index in [1.807, 2.05) is 24.3 Å². The summed E-state index contributed by atoms with van der Waals surface area (Å²) >= 11 is 0. The van der Waals surface area contributed by atoms with Crippen LogP contribution < -0.4 is 5.32 Å². The number of Topliss-reactive ketones (excluding diaryl/α,β-unsaturated/α-hetero) is 1. The van der Waals surface area contributed by atoms with E-state index in [2.05, 4.69) is 5.32 Å². The summed E-state index contributed by atoms with van der Waals surface area (Å²) in [7, 11) is 0. The Hall–Kier alpha value is -2.03. The topological polar surface area (TPSA) is 46.2 Å². The average Bonchev–Trinajstić information content (AvgIpc) is 2.40. The molecule has 2 aromatic carbocycles. The van der Waals surface area contributed by atoms with E-state index in [0.717, 1.165) is 6.42 Å². The Labute approximate surface area is 122 Å². The van der Waals surface area contributed by atoms with Gasteiger partial charge >= 0.3 is 0 Å². The van der Waals surface area contributed by atoms with Crippen LogP contribution >= 0.6 is 0 Å². The second-order valence-electron chi connectivity index (χ2n) is 3.73. The van der Waals surface area contributed by atoms with Gasteiger partial charge in [-0.2, -0.15) is 0 Å². The van der Waals surface area contributed by atoms with Gasteiger partial charge in [-0.15, -0.1) is 17.7 Å². The molecule has 0 heterocycles. The number of nitrogens with one attached hydrogen (secondary N) is 1. The van der Waals surface area contributed by atoms with Gasteiger partial charge in [0, 0.05) is 28.5 Å². The molecule has 19 heavy (non-hydrogen) atoms. The Kier molecular flexibility index (Phi) is 5.86. The molecule has 0 atom stereocenters. The number of hydrogen-bond acceptors (Lipinski definition) is 2. The molecule has 2 rings (SSSR count). The van der Waals surface area contributed by atoms with E-state index in [-0.39, 0.29) is 22.9 Å². The second-order valence-corrected chi connectivity index (χ2v) is 3.73. The van der Waals surface area contributed by atoms with Crippen LogP contribution in [0.2, 0.25) is 0 Å². The van der Waals surface area contributed by atoms with Gasteiger partial charge in [0.15, 0.2) is 5.91 Å². The Morgan fingerprint density at radius 2 is 1.37 bits per heavy atom. The Morgan fingerprint density at radius 3 is 1.95 bits per heavy atom. The fourth-order valence-electron chi connectivity index (χ4n) is 1.50. The molecule has 98 valence electrons. The van der Waals surface area contributed by atoms with Crippen molar-refractivity contribution in [3.05, 3.63) is 72.6 Å². The molecule has 0 saturated carbocycles. The van der Waals surface area contributed by atoms with E-state index in [1.165, 1.54) is 0 Å². The number of benzene rings is 2. The van der Waals surface area contributed by atoms with Gasteiger partial charge in [0.2, 0.25) is 0 Å². The molecule has 0 aliphatic heterocycles. The summed E-state index contributed by atoms with van der Waals surface area (Å²) in [5.74, 6) is -0.723. The molecule has 1 amide bonds. The predicted octanol–water partition coefficient (Wildman–Crippen LogP) is 2.71. The van der Waals surface area contributed by atoms with Gasteiger partial charge in [0.05, 0.1) is 0 Å². The molecule has 0 aromatic heterocycles. The molecule has 2 aromatic rings. The molecule has 0 spiro atoms. The Morgan fingerprint density at radius 1 is 0.842 bits per heavy atom. The first-order valence-electron chi connectivity index (χ1n) is 5.56. The number of ketones is 1. The van der Waals surface area contributed by atoms with Crippen LogP contribution in [0.1, 0.15) is 10.4 Å². The maximum atomic E-state index is 11.7. The van der Waals surface area contributed by atoms with Crippen LogP contribution in [-0.2, 0) is 21.9 Å². The van der Waals surface area contributed by atoms with Gasteiger partial charge in [-0.3, -0.25) is 4.79 Å². The van der Waals surface area contributed by atoms with Crippen molar-refractivity contribution in [2.75, 3.05) is 5.32 Å². The summed E-state index contributed by atoms with van der Waals surface area (Å²) in [5.41, 5.74) is 1.17. The van der Waals surface area contributed by atoms with Crippen molar-refractivity contribution in [3.63, 3.8) is 0 Å². The summed E-state index contributed by atoms with van der Waals surface area (Å²) in [6.07, 6.45) is 1.06. The molecule has 0 unspecified atom stereocenters. The monoisotopic (exact) mass is 294 g/mol. The fourth-order valence-corrected chi connectivity index (χ4v) is 1.50. The van der Waals surface area contributed by atoms with Crippen molar-refractivity contribution < 1.29 is 26.7 Å². The smallest absolute Gasteiger partial charge is 0.170 e. The largest absolute Gasteiger partial charge is 0.338 e. The van der Waals surface area contributed by atoms with E-state index < -0.39 is 5.91 Å². The minimum Gasteiger partial charge on any atom is -0.338 e. The van der Waals surface area contributed by atoms with E-state index in [9.17, 15) is 9.59 Å². The van der Waals surface area contributed by atoms with Gasteiger partial charge in [-0.05, 0) is 12.1 Å². The Balaban J connectivity index is 0.00000180. The average molecular weight is 294 g/mol. The minimum absolute atomic E-state index is 0. The third kappa shape index (κ3) is 4.62. The zero-order valence-electron chi connectivity index (χ0n) is 10.0. The van der Waals surface area contributed by atoms with Crippen molar-refractivity contribution in [3.8, 4) is 0 Å². The molecule has 0 fully saturated rings. The number of amides is 1. The molecule has 0 aliphatic carbocycles. The second kappa shape index (κ2) is 7.41. The number of rotatable bonds is 4. The van der Waals surface area contributed by atoms with Crippen molar-refractivity contribution in [2.45, 2.75) is 0 Å². The van der Waals surface area contributed by atoms with Crippen LogP contribution in [-0.4, -0.2) is 11.7 Å². The maximum Gasteiger partial charge on any atom is 0.170 e. The van der Waals surface area contributed by atoms with Gasteiger partial charge in [0.25, 0.3) is 0 Å². The van der Waals surface area contributed by atoms with Crippen LogP contribution in [0.25, 0.3) is 0 Å². The third-order valence-electron chi connectivity index (χ3n) is 2.36. The van der Waals surface area contributed by atoms with E-state index in [4.69, 9.17) is 0 Å². The SMILES string of the molecule is O=C([CH-]C(=O)c1ccccc1)Nc1ccccc1.[Fe]. The third-order valence-corrected chi connectivity index (χ3v) is 2.36. The van der Waals surface area contributed by atoms with Gasteiger partial charge in [-0.1, -0.05) is 42.8 Å². The van der Waals surface area contributed by atoms with Gasteiger partial charge in [0.1, 0.15) is 0 Å². The standard InChI is InChI=1S/C15H12NO2.Fe/c17-14(12-7-3-1-4-8-12)11-15(18)16-13-9-5-2-6-10-13;/h1-11H,(H,16,18);/q-1;. The minimum atomic E-state index is -0.421. The van der Waals surface area contributed by atoms with E-state index in [0.29, 0.717) is 11.3 Å². The molecule has 4 heteroatoms. The van der Waals surface area contributed by atoms with Crippen molar-refractivity contribution >= 4 is 17.4 Å². The normalized spacial score (nSPS) is 9.05. The van der Waals surface area contributed by atoms with Crippen LogP contribution in [0.15, 0.2) is 60.7 Å². The quantitative estimate of drug-likeness (QED) is 0.408. The van der Waals surface area contributed by atoms with Crippen molar-refractivity contribution in [1.29, 1.82) is 0 Å². The van der Waals surface area contributed by atoms with Crippen molar-refractivity contribution in [1.82, 2.24) is 0 Å². The first kappa shape index (κ1) is 15.0. The number of hydrogen-bond donors (Lipinski definition) is 1. The molecule has 0 radical (unpaired) electrons. The molecule has 0 saturated heterocycles.